The number of carbonyl (C=O) groups is 1. The molecular formula is C21H18N2O3S. The number of benzene rings is 2. The van der Waals surface area contributed by atoms with Crippen LogP contribution in [0.4, 0.5) is 5.69 Å². The molecule has 0 radical (unpaired) electrons. The van der Waals surface area contributed by atoms with Crippen LogP contribution in [0.1, 0.15) is 22.2 Å². The highest BCUT2D eigenvalue weighted by atomic mass is 32.1. The molecule has 0 atom stereocenters. The topological polar surface area (TPSA) is 74.4 Å². The van der Waals surface area contributed by atoms with E-state index in [-0.39, 0.29) is 5.78 Å². The van der Waals surface area contributed by atoms with Gasteiger partial charge in [0.25, 0.3) is 0 Å². The number of ether oxygens (including phenoxy) is 2. The molecular weight excluding hydrogens is 360 g/mol. The van der Waals surface area contributed by atoms with E-state index in [9.17, 15) is 4.79 Å². The van der Waals surface area contributed by atoms with E-state index in [1.54, 1.807) is 31.4 Å². The number of thiophene rings is 1. The quantitative estimate of drug-likeness (QED) is 0.511. The summed E-state index contributed by atoms with van der Waals surface area (Å²) in [4.78, 5) is 18.8. The number of ketones is 1. The fourth-order valence-corrected chi connectivity index (χ4v) is 4.03. The lowest BCUT2D eigenvalue weighted by Gasteiger charge is -2.04. The van der Waals surface area contributed by atoms with Gasteiger partial charge in [-0.15, -0.1) is 11.3 Å². The van der Waals surface area contributed by atoms with Gasteiger partial charge in [-0.3, -0.25) is 4.79 Å². The van der Waals surface area contributed by atoms with E-state index < -0.39 is 0 Å². The molecule has 136 valence electrons. The predicted molar refractivity (Wildman–Crippen MR) is 109 cm³/mol. The maximum absolute atomic E-state index is 12.9. The second kappa shape index (κ2) is 6.89. The second-order valence-corrected chi connectivity index (χ2v) is 7.03. The average Bonchev–Trinajstić information content (AvgIpc) is 3.02. The van der Waals surface area contributed by atoms with Crippen molar-refractivity contribution in [2.24, 2.45) is 0 Å². The van der Waals surface area contributed by atoms with Gasteiger partial charge in [-0.25, -0.2) is 4.98 Å². The third-order valence-corrected chi connectivity index (χ3v) is 5.47. The predicted octanol–water partition coefficient (Wildman–Crippen LogP) is 4.67. The summed E-state index contributed by atoms with van der Waals surface area (Å²) in [5, 5.41) is 1.72. The van der Waals surface area contributed by atoms with E-state index in [0.29, 0.717) is 28.5 Å². The Balaban J connectivity index is 1.80. The number of nitrogens with zero attached hydrogens (tertiary/aromatic N) is 1. The number of aromatic nitrogens is 1. The van der Waals surface area contributed by atoms with Crippen LogP contribution in [-0.4, -0.2) is 24.5 Å². The van der Waals surface area contributed by atoms with E-state index in [1.807, 2.05) is 31.2 Å². The number of hydrogen-bond donors (Lipinski definition) is 1. The van der Waals surface area contributed by atoms with Crippen LogP contribution in [0.3, 0.4) is 0 Å². The fraction of sp³-hybridized carbons (Fsp3) is 0.143. The molecule has 5 nitrogen and oxygen atoms in total. The number of carbonyl (C=O) groups excluding carboxylic acids is 1. The van der Waals surface area contributed by atoms with Gasteiger partial charge >= 0.3 is 0 Å². The normalized spacial score (nSPS) is 11.0. The van der Waals surface area contributed by atoms with Crippen molar-refractivity contribution in [3.8, 4) is 11.5 Å². The van der Waals surface area contributed by atoms with Gasteiger partial charge in [0.1, 0.15) is 21.2 Å². The molecule has 2 aromatic heterocycles. The summed E-state index contributed by atoms with van der Waals surface area (Å²) in [5.41, 5.74) is 8.19. The molecule has 0 spiro atoms. The summed E-state index contributed by atoms with van der Waals surface area (Å²) in [7, 11) is 1.59. The van der Waals surface area contributed by atoms with Gasteiger partial charge in [0.2, 0.25) is 5.78 Å². The molecule has 0 bridgehead atoms. The molecule has 0 unspecified atom stereocenters. The smallest absolute Gasteiger partial charge is 0.205 e. The second-order valence-electron chi connectivity index (χ2n) is 6.03. The summed E-state index contributed by atoms with van der Waals surface area (Å²) in [5.74, 6) is 1.38. The van der Waals surface area contributed by atoms with Crippen molar-refractivity contribution < 1.29 is 14.3 Å². The lowest BCUT2D eigenvalue weighted by molar-refractivity contribution is 0.104. The van der Waals surface area contributed by atoms with Gasteiger partial charge in [-0.1, -0.05) is 0 Å². The first-order valence-electron chi connectivity index (χ1n) is 8.55. The number of nitrogens with two attached hydrogens (primary N) is 1. The third kappa shape index (κ3) is 3.08. The van der Waals surface area contributed by atoms with Gasteiger partial charge in [-0.2, -0.15) is 0 Å². The summed E-state index contributed by atoms with van der Waals surface area (Å²) in [6, 6.07) is 14.7. The van der Waals surface area contributed by atoms with Crippen LogP contribution >= 0.6 is 11.3 Å². The number of nitrogen functional groups attached to an aromatic ring is 1. The van der Waals surface area contributed by atoms with Crippen molar-refractivity contribution in [3.05, 3.63) is 59.0 Å². The first-order valence-corrected chi connectivity index (χ1v) is 9.36. The standard InChI is InChI=1S/C21H18N2O3S/c1-3-26-15-8-9-17-13(10-15)11-16-18(22)20(27-21(16)23-17)19(24)12-4-6-14(25-2)7-5-12/h4-11H,3,22H2,1-2H3. The Morgan fingerprint density at radius 3 is 2.56 bits per heavy atom. The van der Waals surface area contributed by atoms with Crippen LogP contribution in [-0.2, 0) is 0 Å². The summed E-state index contributed by atoms with van der Waals surface area (Å²) < 4.78 is 10.7. The number of hydrogen-bond acceptors (Lipinski definition) is 6. The molecule has 27 heavy (non-hydrogen) atoms. The van der Waals surface area contributed by atoms with Gasteiger partial charge in [0, 0.05) is 16.3 Å². The number of anilines is 1. The first kappa shape index (κ1) is 17.3. The molecule has 2 aromatic carbocycles. The zero-order chi connectivity index (χ0) is 19.0. The van der Waals surface area contributed by atoms with Crippen molar-refractivity contribution in [1.82, 2.24) is 4.98 Å². The van der Waals surface area contributed by atoms with Crippen molar-refractivity contribution >= 4 is 43.9 Å². The van der Waals surface area contributed by atoms with E-state index in [4.69, 9.17) is 15.2 Å². The van der Waals surface area contributed by atoms with Crippen LogP contribution in [0, 0.1) is 0 Å². The van der Waals surface area contributed by atoms with E-state index in [1.165, 1.54) is 11.3 Å². The molecule has 2 N–H and O–H groups in total. The van der Waals surface area contributed by atoms with Crippen molar-refractivity contribution in [1.29, 1.82) is 0 Å². The SMILES string of the molecule is CCOc1ccc2nc3sc(C(=O)c4ccc(OC)cc4)c(N)c3cc2c1. The zero-order valence-corrected chi connectivity index (χ0v) is 15.8. The fourth-order valence-electron chi connectivity index (χ4n) is 2.98. The minimum atomic E-state index is -0.114. The van der Waals surface area contributed by atoms with Crippen LogP contribution < -0.4 is 15.2 Å². The average molecular weight is 378 g/mol. The highest BCUT2D eigenvalue weighted by Crippen LogP contribution is 2.36. The molecule has 4 rings (SSSR count). The number of methoxy groups -OCH3 is 1. The number of rotatable bonds is 5. The molecule has 0 saturated heterocycles. The van der Waals surface area contributed by atoms with Gasteiger partial charge in [0.05, 0.1) is 24.9 Å². The minimum absolute atomic E-state index is 0.114. The van der Waals surface area contributed by atoms with Gasteiger partial charge in [-0.05, 0) is 55.5 Å². The zero-order valence-electron chi connectivity index (χ0n) is 15.0. The van der Waals surface area contributed by atoms with Crippen LogP contribution in [0.25, 0.3) is 21.1 Å². The highest BCUT2D eigenvalue weighted by molar-refractivity contribution is 7.21. The third-order valence-electron chi connectivity index (χ3n) is 4.35. The monoisotopic (exact) mass is 378 g/mol. The lowest BCUT2D eigenvalue weighted by atomic mass is 10.1. The van der Waals surface area contributed by atoms with Gasteiger partial charge < -0.3 is 15.2 Å². The first-order chi connectivity index (χ1) is 13.1. The summed E-state index contributed by atoms with van der Waals surface area (Å²) in [6.07, 6.45) is 0. The maximum atomic E-state index is 12.9. The molecule has 2 heterocycles. The lowest BCUT2D eigenvalue weighted by Crippen LogP contribution is -2.02. The van der Waals surface area contributed by atoms with E-state index >= 15 is 0 Å². The van der Waals surface area contributed by atoms with Crippen molar-refractivity contribution in [3.63, 3.8) is 0 Å². The van der Waals surface area contributed by atoms with E-state index in [0.717, 1.165) is 26.9 Å². The summed E-state index contributed by atoms with van der Waals surface area (Å²) >= 11 is 1.32. The number of pyridine rings is 1. The van der Waals surface area contributed by atoms with Gasteiger partial charge in [0.15, 0.2) is 0 Å². The van der Waals surface area contributed by atoms with E-state index in [2.05, 4.69) is 4.98 Å². The molecule has 6 heteroatoms. The Bertz CT molecular complexity index is 1150. The molecule has 0 saturated carbocycles. The molecule has 0 amide bonds. The summed E-state index contributed by atoms with van der Waals surface area (Å²) in [6.45, 7) is 2.54. The molecule has 0 fully saturated rings. The van der Waals surface area contributed by atoms with Crippen LogP contribution in [0.2, 0.25) is 0 Å². The minimum Gasteiger partial charge on any atom is -0.497 e. The van der Waals surface area contributed by atoms with Crippen LogP contribution in [0.15, 0.2) is 48.5 Å². The Morgan fingerprint density at radius 1 is 1.11 bits per heavy atom. The molecule has 4 aromatic rings. The number of fused-ring (bicyclic) bond motifs is 2. The molecule has 0 aliphatic heterocycles. The Morgan fingerprint density at radius 2 is 1.85 bits per heavy atom. The highest BCUT2D eigenvalue weighted by Gasteiger charge is 2.19. The Labute approximate surface area is 160 Å². The Hall–Kier alpha value is -3.12. The van der Waals surface area contributed by atoms with Crippen molar-refractivity contribution in [2.75, 3.05) is 19.5 Å². The molecule has 0 aliphatic rings. The Kier molecular flexibility index (Phi) is 4.41. The van der Waals surface area contributed by atoms with Crippen LogP contribution in [0.5, 0.6) is 11.5 Å². The van der Waals surface area contributed by atoms with Crippen molar-refractivity contribution in [2.45, 2.75) is 6.92 Å². The largest absolute Gasteiger partial charge is 0.497 e. The molecule has 0 aliphatic carbocycles. The maximum Gasteiger partial charge on any atom is 0.205 e.